The van der Waals surface area contributed by atoms with Gasteiger partial charge in [0.25, 0.3) is 0 Å². The van der Waals surface area contributed by atoms with Crippen molar-refractivity contribution in [1.29, 1.82) is 0 Å². The van der Waals surface area contributed by atoms with Crippen molar-refractivity contribution in [2.45, 2.75) is 218 Å². The Morgan fingerprint density at radius 1 is 0.570 bits per heavy atom. The molecule has 4 aromatic rings. The molecule has 34 nitrogen and oxygen atoms in total. The van der Waals surface area contributed by atoms with Gasteiger partial charge in [-0.15, -0.1) is 11.3 Å². The molecule has 26 N–H and O–H groups in total. The Bertz CT molecular complexity index is 4160. The zero-order valence-electron chi connectivity index (χ0n) is 66.9. The molecule has 626 valence electrons. The van der Waals surface area contributed by atoms with Gasteiger partial charge in [-0.25, -0.2) is 0 Å². The SMILES string of the molecule is CC(=O)N[C@H]1CSSC(C)(C)[C@@H](C(=O)N[C@H](C(=O)C[C@H](C(=O)N[C@@H](CCCN=C(N)N)C(=O)C[C@H](C(C)=O)C(C)(C)C)C(C)O)C(C)(C)C)NC(=O)[C@H](Cc2csc3ccccc23)NC(=O)[C@H](Cc2ccc3ccccc3c2)NC(=O)[C@H](CCCN=C(N)N)NC(=O)[C@H](CCCN=C(N)N)NC(=O)[C@@H](CCCN=C(N)N)NC1=O. The Hall–Kier alpha value is -10.1. The van der Waals surface area contributed by atoms with Crippen molar-refractivity contribution in [2.24, 2.45) is 88.5 Å². The highest BCUT2D eigenvalue weighted by atomic mass is 33.1. The molecule has 37 heteroatoms. The molecule has 0 spiro atoms. The highest BCUT2D eigenvalue weighted by Gasteiger charge is 2.45. The van der Waals surface area contributed by atoms with E-state index in [0.717, 1.165) is 49.4 Å². The number of ketones is 3. The highest BCUT2D eigenvalue weighted by molar-refractivity contribution is 8.77. The molecule has 1 unspecified atom stereocenters. The molecule has 2 heterocycles. The molecule has 0 radical (unpaired) electrons. The Morgan fingerprint density at radius 3 is 1.54 bits per heavy atom. The molecule has 1 aromatic heterocycles. The van der Waals surface area contributed by atoms with Crippen LogP contribution in [-0.4, -0.2) is 197 Å². The lowest BCUT2D eigenvalue weighted by Crippen LogP contribution is -2.64. The van der Waals surface area contributed by atoms with Crippen molar-refractivity contribution in [1.82, 2.24) is 47.9 Å². The van der Waals surface area contributed by atoms with Crippen LogP contribution in [0, 0.1) is 22.7 Å². The van der Waals surface area contributed by atoms with Gasteiger partial charge < -0.3 is 98.8 Å². The minimum absolute atomic E-state index is 0.00674. The number of Topliss-reactive ketones (excluding diaryl/α,β-unsaturated/α-hetero) is 3. The molecular weight excluding hydrogens is 1520 g/mol. The van der Waals surface area contributed by atoms with E-state index in [2.05, 4.69) is 67.8 Å². The Morgan fingerprint density at radius 2 is 1.04 bits per heavy atom. The van der Waals surface area contributed by atoms with Crippen LogP contribution in [0.15, 0.2) is 92.1 Å². The summed E-state index contributed by atoms with van der Waals surface area (Å²) in [4.78, 5) is 194. The molecule has 1 fully saturated rings. The van der Waals surface area contributed by atoms with E-state index in [4.69, 9.17) is 45.9 Å². The maximum Gasteiger partial charge on any atom is 0.244 e. The van der Waals surface area contributed by atoms with E-state index in [1.165, 1.54) is 25.2 Å². The summed E-state index contributed by atoms with van der Waals surface area (Å²) < 4.78 is -0.716. The minimum Gasteiger partial charge on any atom is -0.393 e. The van der Waals surface area contributed by atoms with E-state index in [9.17, 15) is 38.7 Å². The maximum absolute atomic E-state index is 16.0. The van der Waals surface area contributed by atoms with Crippen LogP contribution in [0.2, 0.25) is 0 Å². The fourth-order valence-electron chi connectivity index (χ4n) is 13.0. The number of aliphatic imine (C=N–C) groups is 4. The van der Waals surface area contributed by atoms with Crippen molar-refractivity contribution in [3.63, 3.8) is 0 Å². The molecule has 1 saturated heterocycles. The van der Waals surface area contributed by atoms with E-state index in [-0.39, 0.29) is 132 Å². The van der Waals surface area contributed by atoms with E-state index < -0.39 is 159 Å². The normalized spacial score (nSPS) is 20.3. The Balaban J connectivity index is 1.73. The molecular formula is C77H117N21O13S3. The number of aliphatic hydroxyl groups is 1. The largest absolute Gasteiger partial charge is 0.393 e. The number of nitrogens with one attached hydrogen (secondary N) is 9. The number of guanidine groups is 4. The monoisotopic (exact) mass is 1640 g/mol. The van der Waals surface area contributed by atoms with Crippen molar-refractivity contribution in [2.75, 3.05) is 31.9 Å². The van der Waals surface area contributed by atoms with Gasteiger partial charge in [-0.2, -0.15) is 0 Å². The van der Waals surface area contributed by atoms with Crippen molar-refractivity contribution >= 4 is 148 Å². The lowest BCUT2D eigenvalue weighted by Gasteiger charge is -2.37. The summed E-state index contributed by atoms with van der Waals surface area (Å²) in [5, 5.41) is 40.8. The van der Waals surface area contributed by atoms with Gasteiger partial charge in [-0.05, 0) is 129 Å². The molecule has 9 amide bonds. The second kappa shape index (κ2) is 44.5. The first-order chi connectivity index (χ1) is 53.4. The average Bonchev–Trinajstić information content (AvgIpc) is 1.41. The summed E-state index contributed by atoms with van der Waals surface area (Å²) in [5.41, 5.74) is 44.5. The number of hydrogen-bond donors (Lipinski definition) is 18. The van der Waals surface area contributed by atoms with Gasteiger partial charge in [-0.1, -0.05) is 124 Å². The van der Waals surface area contributed by atoms with Gasteiger partial charge in [0.15, 0.2) is 35.4 Å². The van der Waals surface area contributed by atoms with Crippen LogP contribution < -0.4 is 93.7 Å². The number of carbonyl (C=O) groups is 12. The number of nitrogens with zero attached hydrogens (tertiary/aromatic N) is 4. The number of thiophene rings is 1. The maximum atomic E-state index is 16.0. The third-order valence-corrected chi connectivity index (χ3v) is 23.4. The number of fused-ring (bicyclic) bond motifs is 2. The number of rotatable bonds is 33. The van der Waals surface area contributed by atoms with Gasteiger partial charge in [0, 0.05) is 79.9 Å². The number of nitrogens with two attached hydrogens (primary N) is 8. The Kier molecular flexibility index (Phi) is 36.9. The lowest BCUT2D eigenvalue weighted by atomic mass is 9.75. The summed E-state index contributed by atoms with van der Waals surface area (Å²) in [6.45, 7) is 17.4. The summed E-state index contributed by atoms with van der Waals surface area (Å²) in [6.07, 6.45) is -2.94. The van der Waals surface area contributed by atoms with Crippen molar-refractivity contribution in [3.8, 4) is 0 Å². The predicted octanol–water partition coefficient (Wildman–Crippen LogP) is 0.824. The van der Waals surface area contributed by atoms with Crippen LogP contribution in [-0.2, 0) is 70.4 Å². The average molecular weight is 1640 g/mol. The topological polar surface area (TPSA) is 591 Å². The van der Waals surface area contributed by atoms with Crippen LogP contribution in [0.25, 0.3) is 20.9 Å². The molecule has 5 rings (SSSR count). The van der Waals surface area contributed by atoms with Crippen LogP contribution in [0.5, 0.6) is 0 Å². The van der Waals surface area contributed by atoms with Gasteiger partial charge in [-0.3, -0.25) is 77.5 Å². The minimum atomic E-state index is -1.72. The first kappa shape index (κ1) is 94.5. The second-order valence-corrected chi connectivity index (χ2v) is 35.1. The summed E-state index contributed by atoms with van der Waals surface area (Å²) >= 11 is 1.37. The number of benzene rings is 3. The van der Waals surface area contributed by atoms with E-state index in [1.807, 2.05) is 80.7 Å². The number of carbonyl (C=O) groups excluding carboxylic acids is 12. The third-order valence-electron chi connectivity index (χ3n) is 19.1. The van der Waals surface area contributed by atoms with Crippen LogP contribution in [0.3, 0.4) is 0 Å². The number of hydrogen-bond acceptors (Lipinski definition) is 20. The van der Waals surface area contributed by atoms with Crippen LogP contribution >= 0.6 is 32.9 Å². The molecule has 114 heavy (non-hydrogen) atoms. The second-order valence-electron chi connectivity index (χ2n) is 31.2. The highest BCUT2D eigenvalue weighted by Crippen LogP contribution is 2.40. The van der Waals surface area contributed by atoms with Gasteiger partial charge >= 0.3 is 0 Å². The van der Waals surface area contributed by atoms with E-state index >= 15 is 24.0 Å². The van der Waals surface area contributed by atoms with E-state index in [1.54, 1.807) is 46.8 Å². The molecule has 12 atom stereocenters. The molecule has 0 aliphatic carbocycles. The fourth-order valence-corrected chi connectivity index (χ4v) is 16.8. The zero-order chi connectivity index (χ0) is 84.9. The van der Waals surface area contributed by atoms with Crippen LogP contribution in [0.4, 0.5) is 0 Å². The standard InChI is InChI=1S/C77H117N21O13S3/c1-41(99)49(63(104)91-51(23-16-30-86-71(78)79)58(102)38-50(42(2)100)75(4,5)6)37-59(103)61(76(7,8)9)97-70(111)62-77(10,11)114-113-40-57(90-43(3)101)69(110)94-53(25-18-32-88-73(82)83)65(106)92-52(24-17-31-87-72(80)81)64(105)93-54(26-19-33-89-74(84)85)66(107)95-55(35-44-28-29-45-20-12-13-21-46(45)34-44)67(108)96-56(68(109)98-62)36-47-39-112-60-27-15-14-22-48(47)60/h12-15,20-22,27-29,34,39,41,49-57,61-62,99H,16-19,23-26,30-33,35-38,40H2,1-11H3,(H,90,101)(H,91,104)(H,92,106)(H,93,105)(H,94,110)(H,95,107)(H,96,108)(H,97,111)(H,98,109)(H4,78,79,86)(H4,80,81,87)(H4,82,83,88)(H4,84,85,89)/t41?,49-,50+,51-,52-,53+,54-,55-,56-,57-,61+,62+/m0/s1. The smallest absolute Gasteiger partial charge is 0.244 e. The molecule has 3 aromatic carbocycles. The third kappa shape index (κ3) is 31.0. The first-order valence-electron chi connectivity index (χ1n) is 37.8. The van der Waals surface area contributed by atoms with Crippen LogP contribution in [0.1, 0.15) is 151 Å². The number of amides is 9. The molecule has 0 saturated carbocycles. The van der Waals surface area contributed by atoms with Crippen molar-refractivity contribution in [3.05, 3.63) is 83.2 Å². The summed E-state index contributed by atoms with van der Waals surface area (Å²) in [7, 11) is 1.95. The Labute approximate surface area is 677 Å². The summed E-state index contributed by atoms with van der Waals surface area (Å²) in [5.74, 6) is -13.0. The quantitative estimate of drug-likeness (QED) is 0.0136. The molecule has 1 aliphatic heterocycles. The van der Waals surface area contributed by atoms with Gasteiger partial charge in [0.1, 0.15) is 48.1 Å². The number of aliphatic hydroxyl groups excluding tert-OH is 1. The van der Waals surface area contributed by atoms with E-state index in [0.29, 0.717) is 11.1 Å². The summed E-state index contributed by atoms with van der Waals surface area (Å²) in [6, 6.07) is 6.74. The molecule has 1 aliphatic rings. The van der Waals surface area contributed by atoms with Gasteiger partial charge in [0.05, 0.1) is 24.1 Å². The zero-order valence-corrected chi connectivity index (χ0v) is 69.3. The van der Waals surface area contributed by atoms with Crippen molar-refractivity contribution < 1.29 is 62.6 Å². The first-order valence-corrected chi connectivity index (χ1v) is 41.0. The molecule has 0 bridgehead atoms. The fraction of sp³-hybridized carbons (Fsp3) is 0.558. The van der Waals surface area contributed by atoms with Gasteiger partial charge in [0.2, 0.25) is 53.2 Å². The lowest BCUT2D eigenvalue weighted by molar-refractivity contribution is -0.139. The predicted molar refractivity (Wildman–Crippen MR) is 448 cm³/mol.